The van der Waals surface area contributed by atoms with Gasteiger partial charge in [0, 0.05) is 5.56 Å². The van der Waals surface area contributed by atoms with Gasteiger partial charge in [0.15, 0.2) is 0 Å². The molecule has 2 rings (SSSR count). The standard InChI is InChI=1S/C16H12F6O2/c1-24-13-8-11(16(20,21)22)6-7-12(13)14(23)9-2-4-10(5-3-9)15(17,18)19/h2-8,14,23H,1H3. The van der Waals surface area contributed by atoms with Crippen LogP contribution >= 0.6 is 0 Å². The minimum Gasteiger partial charge on any atom is -0.496 e. The van der Waals surface area contributed by atoms with Gasteiger partial charge in [-0.05, 0) is 29.8 Å². The molecule has 24 heavy (non-hydrogen) atoms. The van der Waals surface area contributed by atoms with Gasteiger partial charge in [0.05, 0.1) is 18.2 Å². The van der Waals surface area contributed by atoms with E-state index in [-0.39, 0.29) is 16.9 Å². The number of hydrogen-bond donors (Lipinski definition) is 1. The monoisotopic (exact) mass is 350 g/mol. The van der Waals surface area contributed by atoms with Crippen LogP contribution in [0.4, 0.5) is 26.3 Å². The lowest BCUT2D eigenvalue weighted by Crippen LogP contribution is -2.09. The molecule has 0 fully saturated rings. The third-order valence-electron chi connectivity index (χ3n) is 3.41. The first-order valence-corrected chi connectivity index (χ1v) is 6.64. The van der Waals surface area contributed by atoms with Crippen LogP contribution in [0.1, 0.15) is 28.4 Å². The average molecular weight is 350 g/mol. The Kier molecular flexibility index (Phi) is 4.80. The van der Waals surface area contributed by atoms with E-state index in [2.05, 4.69) is 0 Å². The van der Waals surface area contributed by atoms with E-state index < -0.39 is 29.6 Å². The molecule has 0 aliphatic heterocycles. The number of aliphatic hydroxyl groups is 1. The number of methoxy groups -OCH3 is 1. The minimum atomic E-state index is -4.58. The van der Waals surface area contributed by atoms with Gasteiger partial charge in [-0.3, -0.25) is 0 Å². The molecule has 0 saturated heterocycles. The van der Waals surface area contributed by atoms with Gasteiger partial charge in [-0.25, -0.2) is 0 Å². The third-order valence-corrected chi connectivity index (χ3v) is 3.41. The first kappa shape index (κ1) is 18.1. The van der Waals surface area contributed by atoms with Crippen molar-refractivity contribution in [1.82, 2.24) is 0 Å². The van der Waals surface area contributed by atoms with Crippen molar-refractivity contribution in [1.29, 1.82) is 0 Å². The first-order valence-electron chi connectivity index (χ1n) is 6.64. The second-order valence-electron chi connectivity index (χ2n) is 4.98. The first-order chi connectivity index (χ1) is 11.0. The average Bonchev–Trinajstić information content (AvgIpc) is 2.52. The molecular formula is C16H12F6O2. The number of ether oxygens (including phenoxy) is 1. The Morgan fingerprint density at radius 3 is 1.79 bits per heavy atom. The molecule has 1 atom stereocenters. The maximum absolute atomic E-state index is 12.7. The molecule has 0 bridgehead atoms. The largest absolute Gasteiger partial charge is 0.496 e. The lowest BCUT2D eigenvalue weighted by molar-refractivity contribution is -0.138. The van der Waals surface area contributed by atoms with Gasteiger partial charge in [-0.1, -0.05) is 18.2 Å². The van der Waals surface area contributed by atoms with Gasteiger partial charge >= 0.3 is 12.4 Å². The molecule has 2 nitrogen and oxygen atoms in total. The molecule has 0 radical (unpaired) electrons. The lowest BCUT2D eigenvalue weighted by atomic mass is 9.98. The second kappa shape index (κ2) is 6.35. The molecule has 0 saturated carbocycles. The van der Waals surface area contributed by atoms with Crippen molar-refractivity contribution in [3.8, 4) is 5.75 Å². The van der Waals surface area contributed by atoms with E-state index in [0.29, 0.717) is 0 Å². The Balaban J connectivity index is 2.37. The van der Waals surface area contributed by atoms with Crippen LogP contribution in [0.5, 0.6) is 5.75 Å². The van der Waals surface area contributed by atoms with Crippen molar-refractivity contribution in [2.24, 2.45) is 0 Å². The zero-order chi connectivity index (χ0) is 18.1. The molecule has 0 spiro atoms. The van der Waals surface area contributed by atoms with E-state index in [0.717, 1.165) is 49.6 Å². The van der Waals surface area contributed by atoms with Gasteiger partial charge < -0.3 is 9.84 Å². The highest BCUT2D eigenvalue weighted by atomic mass is 19.4. The van der Waals surface area contributed by atoms with Crippen LogP contribution in [0, 0.1) is 0 Å². The Bertz CT molecular complexity index is 704. The molecule has 1 N–H and O–H groups in total. The van der Waals surface area contributed by atoms with Crippen LogP contribution in [0.2, 0.25) is 0 Å². The van der Waals surface area contributed by atoms with Crippen LogP contribution in [0.25, 0.3) is 0 Å². The van der Waals surface area contributed by atoms with Gasteiger partial charge in [-0.15, -0.1) is 0 Å². The molecular weight excluding hydrogens is 338 g/mol. The fourth-order valence-electron chi connectivity index (χ4n) is 2.15. The van der Waals surface area contributed by atoms with E-state index in [9.17, 15) is 31.4 Å². The highest BCUT2D eigenvalue weighted by Gasteiger charge is 2.32. The van der Waals surface area contributed by atoms with Crippen molar-refractivity contribution in [3.05, 3.63) is 64.7 Å². The third kappa shape index (κ3) is 3.81. The summed E-state index contributed by atoms with van der Waals surface area (Å²) in [6, 6.07) is 6.22. The van der Waals surface area contributed by atoms with Gasteiger partial charge in [-0.2, -0.15) is 26.3 Å². The van der Waals surface area contributed by atoms with Crippen LogP contribution in [-0.2, 0) is 12.4 Å². The molecule has 0 aliphatic carbocycles. The molecule has 2 aromatic carbocycles. The van der Waals surface area contributed by atoms with Crippen molar-refractivity contribution in [3.63, 3.8) is 0 Å². The summed E-state index contributed by atoms with van der Waals surface area (Å²) in [4.78, 5) is 0. The zero-order valence-electron chi connectivity index (χ0n) is 12.2. The summed E-state index contributed by atoms with van der Waals surface area (Å²) in [7, 11) is 1.14. The molecule has 1 unspecified atom stereocenters. The summed E-state index contributed by atoms with van der Waals surface area (Å²) >= 11 is 0. The van der Waals surface area contributed by atoms with Crippen LogP contribution in [-0.4, -0.2) is 12.2 Å². The number of alkyl halides is 6. The topological polar surface area (TPSA) is 29.5 Å². The quantitative estimate of drug-likeness (QED) is 0.805. The fraction of sp³-hybridized carbons (Fsp3) is 0.250. The minimum absolute atomic E-state index is 0.0188. The molecule has 0 aromatic heterocycles. The van der Waals surface area contributed by atoms with Crippen LogP contribution in [0.3, 0.4) is 0 Å². The van der Waals surface area contributed by atoms with Crippen molar-refractivity contribution < 1.29 is 36.2 Å². The number of aliphatic hydroxyl groups excluding tert-OH is 1. The highest BCUT2D eigenvalue weighted by molar-refractivity contribution is 5.44. The highest BCUT2D eigenvalue weighted by Crippen LogP contribution is 2.37. The summed E-state index contributed by atoms with van der Waals surface area (Å²) in [5.74, 6) is -0.211. The summed E-state index contributed by atoms with van der Waals surface area (Å²) < 4.78 is 80.5. The molecule has 0 heterocycles. The Hall–Kier alpha value is -2.22. The number of hydrogen-bond acceptors (Lipinski definition) is 2. The Morgan fingerprint density at radius 2 is 1.33 bits per heavy atom. The lowest BCUT2D eigenvalue weighted by Gasteiger charge is -2.17. The maximum Gasteiger partial charge on any atom is 0.416 e. The normalized spacial score (nSPS) is 13.7. The molecule has 0 aliphatic rings. The molecule has 8 heteroatoms. The van der Waals surface area contributed by atoms with Gasteiger partial charge in [0.25, 0.3) is 0 Å². The van der Waals surface area contributed by atoms with Gasteiger partial charge in [0.1, 0.15) is 11.9 Å². The molecule has 130 valence electrons. The van der Waals surface area contributed by atoms with Crippen molar-refractivity contribution >= 4 is 0 Å². The summed E-state index contributed by atoms with van der Waals surface area (Å²) in [5, 5.41) is 10.2. The van der Waals surface area contributed by atoms with E-state index in [4.69, 9.17) is 4.74 Å². The van der Waals surface area contributed by atoms with E-state index >= 15 is 0 Å². The van der Waals surface area contributed by atoms with E-state index in [1.54, 1.807) is 0 Å². The Morgan fingerprint density at radius 1 is 0.833 bits per heavy atom. The van der Waals surface area contributed by atoms with Crippen LogP contribution in [0.15, 0.2) is 42.5 Å². The van der Waals surface area contributed by atoms with Crippen molar-refractivity contribution in [2.45, 2.75) is 18.5 Å². The van der Waals surface area contributed by atoms with E-state index in [1.165, 1.54) is 0 Å². The fourth-order valence-corrected chi connectivity index (χ4v) is 2.15. The molecule has 0 amide bonds. The van der Waals surface area contributed by atoms with Crippen LogP contribution < -0.4 is 4.74 Å². The van der Waals surface area contributed by atoms with Crippen molar-refractivity contribution in [2.75, 3.05) is 7.11 Å². The molecule has 2 aromatic rings. The predicted octanol–water partition coefficient (Wildman–Crippen LogP) is 4.81. The second-order valence-corrected chi connectivity index (χ2v) is 4.98. The SMILES string of the molecule is COc1cc(C(F)(F)F)ccc1C(O)c1ccc(C(F)(F)F)cc1. The summed E-state index contributed by atoms with van der Waals surface area (Å²) in [5.41, 5.74) is -1.73. The van der Waals surface area contributed by atoms with E-state index in [1.807, 2.05) is 0 Å². The summed E-state index contributed by atoms with van der Waals surface area (Å²) in [6.07, 6.45) is -10.5. The number of benzene rings is 2. The zero-order valence-corrected chi connectivity index (χ0v) is 12.2. The number of halogens is 6. The smallest absolute Gasteiger partial charge is 0.416 e. The Labute approximate surface area is 133 Å². The number of rotatable bonds is 3. The maximum atomic E-state index is 12.7. The van der Waals surface area contributed by atoms with Gasteiger partial charge in [0.2, 0.25) is 0 Å². The summed E-state index contributed by atoms with van der Waals surface area (Å²) in [6.45, 7) is 0. The predicted molar refractivity (Wildman–Crippen MR) is 73.5 cm³/mol.